The summed E-state index contributed by atoms with van der Waals surface area (Å²) in [6, 6.07) is 10.7. The first-order valence-corrected chi connectivity index (χ1v) is 11.0. The molecular formula is C21H28N4OS. The normalized spacial score (nSPS) is 21.3. The Morgan fingerprint density at radius 2 is 1.96 bits per heavy atom. The van der Waals surface area contributed by atoms with E-state index in [-0.39, 0.29) is 11.2 Å². The Bertz CT molecular complexity index is 787. The lowest BCUT2D eigenvalue weighted by atomic mass is 10.00. The van der Waals surface area contributed by atoms with E-state index in [9.17, 15) is 4.79 Å². The van der Waals surface area contributed by atoms with E-state index >= 15 is 0 Å². The molecule has 1 aliphatic heterocycles. The molecule has 1 aliphatic carbocycles. The highest BCUT2D eigenvalue weighted by Gasteiger charge is 2.33. The van der Waals surface area contributed by atoms with Gasteiger partial charge in [0.2, 0.25) is 5.91 Å². The fraction of sp³-hybridized carbons (Fsp3) is 0.571. The SMILES string of the molecule is CCC1CCCCN1C(=O)C(C)Sc1nnc(C2CC2)n1-c1ccccc1. The van der Waals surface area contributed by atoms with Crippen molar-refractivity contribution in [3.63, 3.8) is 0 Å². The third-order valence-corrected chi connectivity index (χ3v) is 6.66. The zero-order chi connectivity index (χ0) is 18.8. The van der Waals surface area contributed by atoms with E-state index in [0.717, 1.165) is 42.5 Å². The van der Waals surface area contributed by atoms with Crippen LogP contribution in [-0.4, -0.2) is 43.4 Å². The van der Waals surface area contributed by atoms with Crippen molar-refractivity contribution in [3.05, 3.63) is 36.2 Å². The maximum Gasteiger partial charge on any atom is 0.236 e. The molecule has 4 rings (SSSR count). The quantitative estimate of drug-likeness (QED) is 0.692. The van der Waals surface area contributed by atoms with Gasteiger partial charge in [0.05, 0.1) is 5.25 Å². The van der Waals surface area contributed by atoms with Crippen LogP contribution in [0.1, 0.15) is 64.1 Å². The van der Waals surface area contributed by atoms with E-state index < -0.39 is 0 Å². The summed E-state index contributed by atoms with van der Waals surface area (Å²) in [5, 5.41) is 9.61. The number of benzene rings is 1. The minimum Gasteiger partial charge on any atom is -0.339 e. The molecule has 0 spiro atoms. The Balaban J connectivity index is 1.56. The number of thioether (sulfide) groups is 1. The van der Waals surface area contributed by atoms with Crippen LogP contribution < -0.4 is 0 Å². The minimum absolute atomic E-state index is 0.157. The molecule has 1 aromatic carbocycles. The van der Waals surface area contributed by atoms with E-state index in [1.54, 1.807) is 11.8 Å². The van der Waals surface area contributed by atoms with Crippen molar-refractivity contribution in [1.29, 1.82) is 0 Å². The molecule has 2 heterocycles. The fourth-order valence-corrected chi connectivity index (χ4v) is 4.89. The van der Waals surface area contributed by atoms with Gasteiger partial charge >= 0.3 is 0 Å². The number of nitrogens with zero attached hydrogens (tertiary/aromatic N) is 4. The van der Waals surface area contributed by atoms with E-state index in [2.05, 4.69) is 38.7 Å². The second-order valence-electron chi connectivity index (χ2n) is 7.64. The van der Waals surface area contributed by atoms with Crippen molar-refractivity contribution in [3.8, 4) is 5.69 Å². The number of likely N-dealkylation sites (tertiary alicyclic amines) is 1. The highest BCUT2D eigenvalue weighted by atomic mass is 32.2. The average Bonchev–Trinajstić information content (AvgIpc) is 3.48. The topological polar surface area (TPSA) is 51.0 Å². The molecule has 2 fully saturated rings. The number of hydrogen-bond acceptors (Lipinski definition) is 4. The fourth-order valence-electron chi connectivity index (χ4n) is 3.94. The number of hydrogen-bond donors (Lipinski definition) is 0. The number of piperidine rings is 1. The average molecular weight is 385 g/mol. The van der Waals surface area contributed by atoms with Gasteiger partial charge in [-0.15, -0.1) is 10.2 Å². The maximum atomic E-state index is 13.1. The van der Waals surface area contributed by atoms with Gasteiger partial charge in [-0.3, -0.25) is 9.36 Å². The van der Waals surface area contributed by atoms with Crippen molar-refractivity contribution >= 4 is 17.7 Å². The van der Waals surface area contributed by atoms with Gasteiger partial charge in [-0.2, -0.15) is 0 Å². The Kier molecular flexibility index (Phi) is 5.53. The number of para-hydroxylation sites is 1. The molecule has 1 aromatic heterocycles. The highest BCUT2D eigenvalue weighted by Crippen LogP contribution is 2.41. The summed E-state index contributed by atoms with van der Waals surface area (Å²) in [5.74, 6) is 1.78. The Morgan fingerprint density at radius 1 is 1.19 bits per heavy atom. The Hall–Kier alpha value is -1.82. The molecule has 27 heavy (non-hydrogen) atoms. The molecule has 2 aromatic rings. The van der Waals surface area contributed by atoms with Gasteiger partial charge < -0.3 is 4.90 Å². The summed E-state index contributed by atoms with van der Waals surface area (Å²) < 4.78 is 2.15. The monoisotopic (exact) mass is 384 g/mol. The predicted octanol–water partition coefficient (Wildman–Crippen LogP) is 4.42. The summed E-state index contributed by atoms with van der Waals surface area (Å²) in [5.41, 5.74) is 1.08. The minimum atomic E-state index is -0.157. The lowest BCUT2D eigenvalue weighted by Gasteiger charge is -2.36. The van der Waals surface area contributed by atoms with Crippen molar-refractivity contribution < 1.29 is 4.79 Å². The highest BCUT2D eigenvalue weighted by molar-refractivity contribution is 8.00. The zero-order valence-electron chi connectivity index (χ0n) is 16.2. The van der Waals surface area contributed by atoms with Gasteiger partial charge in [0, 0.05) is 24.2 Å². The number of rotatable bonds is 6. The van der Waals surface area contributed by atoms with Gasteiger partial charge in [-0.1, -0.05) is 36.9 Å². The van der Waals surface area contributed by atoms with Gasteiger partial charge in [0.25, 0.3) is 0 Å². The summed E-state index contributed by atoms with van der Waals surface area (Å²) in [6.45, 7) is 5.08. The third kappa shape index (κ3) is 3.91. The first kappa shape index (κ1) is 18.5. The molecule has 144 valence electrons. The van der Waals surface area contributed by atoms with Crippen LogP contribution in [0.5, 0.6) is 0 Å². The van der Waals surface area contributed by atoms with Crippen LogP contribution in [0.3, 0.4) is 0 Å². The lowest BCUT2D eigenvalue weighted by molar-refractivity contribution is -0.134. The van der Waals surface area contributed by atoms with Gasteiger partial charge in [-0.25, -0.2) is 0 Å². The lowest BCUT2D eigenvalue weighted by Crippen LogP contribution is -2.46. The van der Waals surface area contributed by atoms with Crippen LogP contribution in [0.4, 0.5) is 0 Å². The van der Waals surface area contributed by atoms with Gasteiger partial charge in [0.1, 0.15) is 5.82 Å². The standard InChI is InChI=1S/C21H28N4OS/c1-3-17-9-7-8-14-24(17)20(26)15(2)27-21-23-22-19(16-12-13-16)25(21)18-10-5-4-6-11-18/h4-6,10-11,15-17H,3,7-9,12-14H2,1-2H3. The third-order valence-electron chi connectivity index (χ3n) is 5.63. The molecule has 1 saturated heterocycles. The number of aromatic nitrogens is 3. The van der Waals surface area contributed by atoms with Gasteiger partial charge in [-0.05, 0) is 57.6 Å². The predicted molar refractivity (Wildman–Crippen MR) is 108 cm³/mol. The number of carbonyl (C=O) groups excluding carboxylic acids is 1. The largest absolute Gasteiger partial charge is 0.339 e. The second kappa shape index (κ2) is 8.05. The Labute approximate surface area is 165 Å². The summed E-state index contributed by atoms with van der Waals surface area (Å²) in [6.07, 6.45) is 6.87. The van der Waals surface area contributed by atoms with Crippen LogP contribution >= 0.6 is 11.8 Å². The van der Waals surface area contributed by atoms with E-state index in [1.807, 2.05) is 25.1 Å². The molecule has 2 atom stereocenters. The zero-order valence-corrected chi connectivity index (χ0v) is 17.0. The van der Waals surface area contributed by atoms with Crippen LogP contribution in [0.15, 0.2) is 35.5 Å². The van der Waals surface area contributed by atoms with E-state index in [4.69, 9.17) is 0 Å². The van der Waals surface area contributed by atoms with E-state index in [0.29, 0.717) is 12.0 Å². The maximum absolute atomic E-state index is 13.1. The molecule has 2 unspecified atom stereocenters. The van der Waals surface area contributed by atoms with Crippen LogP contribution in [-0.2, 0) is 4.79 Å². The molecular weight excluding hydrogens is 356 g/mol. The molecule has 0 N–H and O–H groups in total. The van der Waals surface area contributed by atoms with Crippen LogP contribution in [0.2, 0.25) is 0 Å². The first-order valence-electron chi connectivity index (χ1n) is 10.2. The van der Waals surface area contributed by atoms with Crippen molar-refractivity contribution in [1.82, 2.24) is 19.7 Å². The molecule has 0 radical (unpaired) electrons. The number of amides is 1. The summed E-state index contributed by atoms with van der Waals surface area (Å²) in [4.78, 5) is 15.2. The summed E-state index contributed by atoms with van der Waals surface area (Å²) in [7, 11) is 0. The summed E-state index contributed by atoms with van der Waals surface area (Å²) >= 11 is 1.54. The molecule has 6 heteroatoms. The first-order chi connectivity index (χ1) is 13.2. The van der Waals surface area contributed by atoms with E-state index in [1.165, 1.54) is 19.3 Å². The molecule has 0 bridgehead atoms. The molecule has 5 nitrogen and oxygen atoms in total. The molecule has 2 aliphatic rings. The van der Waals surface area contributed by atoms with Crippen LogP contribution in [0.25, 0.3) is 5.69 Å². The van der Waals surface area contributed by atoms with Crippen molar-refractivity contribution in [2.45, 2.75) is 74.7 Å². The number of carbonyl (C=O) groups is 1. The van der Waals surface area contributed by atoms with Crippen molar-refractivity contribution in [2.24, 2.45) is 0 Å². The smallest absolute Gasteiger partial charge is 0.236 e. The molecule has 1 amide bonds. The van der Waals surface area contributed by atoms with Crippen molar-refractivity contribution in [2.75, 3.05) is 6.54 Å². The second-order valence-corrected chi connectivity index (χ2v) is 8.94. The van der Waals surface area contributed by atoms with Crippen LogP contribution in [0, 0.1) is 0 Å². The molecule has 1 saturated carbocycles. The van der Waals surface area contributed by atoms with Gasteiger partial charge in [0.15, 0.2) is 5.16 Å². The Morgan fingerprint density at radius 3 is 2.67 bits per heavy atom.